The molecule has 0 aliphatic carbocycles. The number of methoxy groups -OCH3 is 1. The normalized spacial score (nSPS) is 11.6. The van der Waals surface area contributed by atoms with Gasteiger partial charge in [0.05, 0.1) is 13.2 Å². The number of hydrogen-bond donors (Lipinski definition) is 1. The predicted octanol–water partition coefficient (Wildman–Crippen LogP) is 1.80. The Hall–Kier alpha value is -1.80. The zero-order chi connectivity index (χ0) is 10.6. The maximum absolute atomic E-state index is 10.1. The van der Waals surface area contributed by atoms with Gasteiger partial charge >= 0.3 is 0 Å². The van der Waals surface area contributed by atoms with Crippen LogP contribution in [0.3, 0.4) is 0 Å². The molecule has 1 aromatic carbocycles. The van der Waals surface area contributed by atoms with E-state index in [1.54, 1.807) is 19.1 Å². The van der Waals surface area contributed by atoms with Crippen molar-refractivity contribution in [3.63, 3.8) is 0 Å². The SMILES string of the molecule is COc1c(O)cccc1C(C)N=C=O. The fourth-order valence-electron chi connectivity index (χ4n) is 1.24. The van der Waals surface area contributed by atoms with Crippen molar-refractivity contribution >= 4 is 6.08 Å². The molecule has 0 heterocycles. The lowest BCUT2D eigenvalue weighted by atomic mass is 10.1. The first kappa shape index (κ1) is 10.3. The number of nitrogens with zero attached hydrogens (tertiary/aromatic N) is 1. The van der Waals surface area contributed by atoms with Crippen molar-refractivity contribution in [3.05, 3.63) is 23.8 Å². The lowest BCUT2D eigenvalue weighted by molar-refractivity contribution is 0.367. The van der Waals surface area contributed by atoms with Gasteiger partial charge in [-0.05, 0) is 13.0 Å². The van der Waals surface area contributed by atoms with Crippen LogP contribution in [-0.2, 0) is 4.79 Å². The molecule has 0 aromatic heterocycles. The molecule has 4 heteroatoms. The van der Waals surface area contributed by atoms with Crippen molar-refractivity contribution in [3.8, 4) is 11.5 Å². The van der Waals surface area contributed by atoms with Gasteiger partial charge in [0.2, 0.25) is 6.08 Å². The van der Waals surface area contributed by atoms with Crippen molar-refractivity contribution in [1.29, 1.82) is 0 Å². The summed E-state index contributed by atoms with van der Waals surface area (Å²) in [6.45, 7) is 1.72. The molecule has 14 heavy (non-hydrogen) atoms. The maximum atomic E-state index is 10.1. The summed E-state index contributed by atoms with van der Waals surface area (Å²) in [5.74, 6) is 0.386. The van der Waals surface area contributed by atoms with E-state index in [-0.39, 0.29) is 11.8 Å². The Bertz CT molecular complexity index is 370. The largest absolute Gasteiger partial charge is 0.504 e. The molecule has 0 aliphatic rings. The molecule has 1 aromatic rings. The number of aliphatic imine (C=N–C) groups is 1. The Kier molecular flexibility index (Phi) is 3.26. The number of ether oxygens (including phenoxy) is 1. The third-order valence-corrected chi connectivity index (χ3v) is 1.93. The Morgan fingerprint density at radius 2 is 2.29 bits per heavy atom. The van der Waals surface area contributed by atoms with Gasteiger partial charge in [0.25, 0.3) is 0 Å². The van der Waals surface area contributed by atoms with Crippen molar-refractivity contribution in [2.75, 3.05) is 7.11 Å². The van der Waals surface area contributed by atoms with Crippen molar-refractivity contribution in [2.45, 2.75) is 13.0 Å². The Labute approximate surface area is 81.9 Å². The molecule has 0 aliphatic heterocycles. The standard InChI is InChI=1S/C10H11NO3/c1-7(11-6-12)8-4-3-5-9(13)10(8)14-2/h3-5,7,13H,1-2H3. The van der Waals surface area contributed by atoms with Gasteiger partial charge in [0, 0.05) is 5.56 Å². The summed E-state index contributed by atoms with van der Waals surface area (Å²) in [6, 6.07) is 4.56. The molecule has 0 bridgehead atoms. The first-order chi connectivity index (χ1) is 6.70. The highest BCUT2D eigenvalue weighted by molar-refractivity contribution is 5.48. The van der Waals surface area contributed by atoms with Crippen LogP contribution in [0.4, 0.5) is 0 Å². The van der Waals surface area contributed by atoms with Crippen LogP contribution >= 0.6 is 0 Å². The Morgan fingerprint density at radius 1 is 1.57 bits per heavy atom. The fourth-order valence-corrected chi connectivity index (χ4v) is 1.24. The molecule has 0 fully saturated rings. The van der Waals surface area contributed by atoms with Crippen molar-refractivity contribution in [2.24, 2.45) is 4.99 Å². The van der Waals surface area contributed by atoms with Crippen LogP contribution in [0.5, 0.6) is 11.5 Å². The molecule has 1 rings (SSSR count). The van der Waals surface area contributed by atoms with Gasteiger partial charge in [-0.15, -0.1) is 0 Å². The molecule has 74 valence electrons. The van der Waals surface area contributed by atoms with Gasteiger partial charge in [-0.3, -0.25) is 0 Å². The first-order valence-corrected chi connectivity index (χ1v) is 4.13. The first-order valence-electron chi connectivity index (χ1n) is 4.13. The van der Waals surface area contributed by atoms with Crippen LogP contribution in [0.2, 0.25) is 0 Å². The number of phenolic OH excluding ortho intramolecular Hbond substituents is 1. The van der Waals surface area contributed by atoms with Gasteiger partial charge < -0.3 is 9.84 Å². The summed E-state index contributed by atoms with van der Waals surface area (Å²) in [4.78, 5) is 13.6. The van der Waals surface area contributed by atoms with E-state index in [9.17, 15) is 9.90 Å². The van der Waals surface area contributed by atoms with E-state index in [0.717, 1.165) is 0 Å². The van der Waals surface area contributed by atoms with Crippen LogP contribution in [0, 0.1) is 0 Å². The highest BCUT2D eigenvalue weighted by Gasteiger charge is 2.13. The summed E-state index contributed by atoms with van der Waals surface area (Å²) in [5, 5.41) is 9.44. The second-order valence-corrected chi connectivity index (χ2v) is 2.80. The Morgan fingerprint density at radius 3 is 2.86 bits per heavy atom. The molecule has 0 amide bonds. The van der Waals surface area contributed by atoms with Gasteiger partial charge in [-0.25, -0.2) is 4.79 Å². The van der Waals surface area contributed by atoms with Gasteiger partial charge in [0.1, 0.15) is 0 Å². The Balaban J connectivity index is 3.19. The molecule has 1 atom stereocenters. The lowest BCUT2D eigenvalue weighted by Crippen LogP contribution is -1.95. The van der Waals surface area contributed by atoms with E-state index in [0.29, 0.717) is 11.3 Å². The minimum Gasteiger partial charge on any atom is -0.504 e. The van der Waals surface area contributed by atoms with Crippen LogP contribution in [-0.4, -0.2) is 18.3 Å². The smallest absolute Gasteiger partial charge is 0.235 e. The maximum Gasteiger partial charge on any atom is 0.235 e. The summed E-state index contributed by atoms with van der Waals surface area (Å²) in [6.07, 6.45) is 1.47. The second kappa shape index (κ2) is 4.44. The molecule has 0 saturated heterocycles. The van der Waals surface area contributed by atoms with Gasteiger partial charge in [-0.1, -0.05) is 12.1 Å². The van der Waals surface area contributed by atoms with E-state index in [1.165, 1.54) is 19.3 Å². The zero-order valence-corrected chi connectivity index (χ0v) is 8.02. The number of aromatic hydroxyl groups is 1. The third-order valence-electron chi connectivity index (χ3n) is 1.93. The molecular formula is C10H11NO3. The molecule has 0 saturated carbocycles. The average Bonchev–Trinajstić information content (AvgIpc) is 2.17. The number of isocyanates is 1. The number of carbonyl (C=O) groups excluding carboxylic acids is 1. The quantitative estimate of drug-likeness (QED) is 0.588. The summed E-state index contributed by atoms with van der Waals surface area (Å²) < 4.78 is 5.00. The van der Waals surface area contributed by atoms with Crippen molar-refractivity contribution < 1.29 is 14.6 Å². The molecule has 4 nitrogen and oxygen atoms in total. The topological polar surface area (TPSA) is 58.9 Å². The van der Waals surface area contributed by atoms with E-state index in [2.05, 4.69) is 4.99 Å². The number of hydrogen-bond acceptors (Lipinski definition) is 4. The third kappa shape index (κ3) is 1.92. The number of para-hydroxylation sites is 1. The summed E-state index contributed by atoms with van der Waals surface area (Å²) in [5.41, 5.74) is 0.663. The number of rotatable bonds is 3. The highest BCUT2D eigenvalue weighted by atomic mass is 16.5. The minimum absolute atomic E-state index is 0.0398. The number of benzene rings is 1. The van der Waals surface area contributed by atoms with E-state index in [1.807, 2.05) is 0 Å². The molecule has 1 unspecified atom stereocenters. The highest BCUT2D eigenvalue weighted by Crippen LogP contribution is 2.34. The van der Waals surface area contributed by atoms with Gasteiger partial charge in [0.15, 0.2) is 11.5 Å². The molecule has 1 N–H and O–H groups in total. The van der Waals surface area contributed by atoms with Gasteiger partial charge in [-0.2, -0.15) is 4.99 Å². The monoisotopic (exact) mass is 193 g/mol. The van der Waals surface area contributed by atoms with Crippen LogP contribution in [0.15, 0.2) is 23.2 Å². The van der Waals surface area contributed by atoms with E-state index >= 15 is 0 Å². The van der Waals surface area contributed by atoms with Crippen LogP contribution in [0.1, 0.15) is 18.5 Å². The second-order valence-electron chi connectivity index (χ2n) is 2.80. The van der Waals surface area contributed by atoms with Crippen LogP contribution < -0.4 is 4.74 Å². The average molecular weight is 193 g/mol. The molecule has 0 radical (unpaired) electrons. The molecular weight excluding hydrogens is 182 g/mol. The minimum atomic E-state index is -0.366. The zero-order valence-electron chi connectivity index (χ0n) is 8.02. The predicted molar refractivity (Wildman–Crippen MR) is 51.2 cm³/mol. The molecule has 0 spiro atoms. The number of phenols is 1. The summed E-state index contributed by atoms with van der Waals surface area (Å²) in [7, 11) is 1.45. The summed E-state index contributed by atoms with van der Waals surface area (Å²) >= 11 is 0. The van der Waals surface area contributed by atoms with Crippen molar-refractivity contribution in [1.82, 2.24) is 0 Å². The van der Waals surface area contributed by atoms with E-state index in [4.69, 9.17) is 4.74 Å². The fraction of sp³-hybridized carbons (Fsp3) is 0.300. The van der Waals surface area contributed by atoms with Crippen LogP contribution in [0.25, 0.3) is 0 Å². The lowest BCUT2D eigenvalue weighted by Gasteiger charge is -2.11. The van der Waals surface area contributed by atoms with E-state index < -0.39 is 0 Å².